The van der Waals surface area contributed by atoms with Crippen LogP contribution in [0.25, 0.3) is 21.8 Å². The van der Waals surface area contributed by atoms with E-state index in [1.54, 1.807) is 67.0 Å². The Bertz CT molecular complexity index is 3380. The molecule has 2 fully saturated rings. The molecule has 0 amide bonds. The Morgan fingerprint density at radius 1 is 0.809 bits per heavy atom. The van der Waals surface area contributed by atoms with Gasteiger partial charge in [-0.05, 0) is 55.4 Å². The van der Waals surface area contributed by atoms with Gasteiger partial charge in [0.05, 0.1) is 30.0 Å². The van der Waals surface area contributed by atoms with E-state index in [1.807, 2.05) is 12.1 Å². The van der Waals surface area contributed by atoms with Crippen LogP contribution in [0, 0.1) is 11.6 Å². The Morgan fingerprint density at radius 2 is 1.51 bits per heavy atom. The summed E-state index contributed by atoms with van der Waals surface area (Å²) in [6.45, 7) is 3.23. The lowest BCUT2D eigenvalue weighted by Crippen LogP contribution is -2.62. The predicted molar refractivity (Wildman–Crippen MR) is 252 cm³/mol. The number of rotatable bonds is 13. The first kappa shape index (κ1) is 42.4. The van der Waals surface area contributed by atoms with Gasteiger partial charge in [-0.25, -0.2) is 23.7 Å². The molecule has 3 aromatic carbocycles. The van der Waals surface area contributed by atoms with Crippen molar-refractivity contribution in [3.63, 3.8) is 0 Å². The zero-order valence-electron chi connectivity index (χ0n) is 36.7. The number of benzene rings is 3. The summed E-state index contributed by atoms with van der Waals surface area (Å²) < 4.78 is 48.5. The van der Waals surface area contributed by atoms with Crippen molar-refractivity contribution < 1.29 is 23.0 Å². The highest BCUT2D eigenvalue weighted by Crippen LogP contribution is 2.41. The van der Waals surface area contributed by atoms with E-state index in [0.717, 1.165) is 30.9 Å². The van der Waals surface area contributed by atoms with E-state index in [9.17, 15) is 14.0 Å². The lowest BCUT2D eigenvalue weighted by atomic mass is 9.90. The molecule has 20 heteroatoms. The van der Waals surface area contributed by atoms with Crippen molar-refractivity contribution in [2.24, 2.45) is 0 Å². The summed E-state index contributed by atoms with van der Waals surface area (Å²) in [5.41, 5.74) is 2.37. The predicted octanol–water partition coefficient (Wildman–Crippen LogP) is 6.88. The van der Waals surface area contributed by atoms with Gasteiger partial charge in [-0.2, -0.15) is 9.97 Å². The second-order valence-corrected chi connectivity index (χ2v) is 17.2. The van der Waals surface area contributed by atoms with E-state index in [-0.39, 0.29) is 45.9 Å². The first-order valence-electron chi connectivity index (χ1n) is 21.9. The average molecular weight is 920 g/mol. The van der Waals surface area contributed by atoms with Crippen molar-refractivity contribution >= 4 is 68.1 Å². The van der Waals surface area contributed by atoms with Crippen molar-refractivity contribution in [1.29, 1.82) is 0 Å². The number of nitrogens with one attached hydrogen (secondary N) is 6. The zero-order valence-corrected chi connectivity index (χ0v) is 36.7. The van der Waals surface area contributed by atoms with E-state index < -0.39 is 22.8 Å². The molecule has 5 aromatic heterocycles. The van der Waals surface area contributed by atoms with Gasteiger partial charge < -0.3 is 45.4 Å². The third-order valence-electron chi connectivity index (χ3n) is 12.2. The number of nitrogens with zero attached hydrogens (tertiary/aromatic N) is 7. The number of ether oxygens (including phenoxy) is 3. The van der Waals surface area contributed by atoms with E-state index in [0.29, 0.717) is 71.4 Å². The van der Waals surface area contributed by atoms with Crippen LogP contribution < -0.4 is 46.6 Å². The van der Waals surface area contributed by atoms with Crippen molar-refractivity contribution in [2.75, 3.05) is 61.6 Å². The number of aromatic nitrogens is 7. The molecule has 2 saturated heterocycles. The molecule has 3 aliphatic rings. The molecule has 6 N–H and O–H groups in total. The molecular formula is C48H43F2N13O5. The largest absolute Gasteiger partial charge is 0.491 e. The van der Waals surface area contributed by atoms with E-state index in [4.69, 9.17) is 14.2 Å². The number of hydrogen-bond donors (Lipinski definition) is 6. The highest BCUT2D eigenvalue weighted by Gasteiger charge is 2.48. The fourth-order valence-electron chi connectivity index (χ4n) is 9.07. The summed E-state index contributed by atoms with van der Waals surface area (Å²) in [4.78, 5) is 57.7. The molecule has 1 spiro atoms. The number of methoxy groups -OCH3 is 1. The van der Waals surface area contributed by atoms with E-state index in [1.165, 1.54) is 24.9 Å². The van der Waals surface area contributed by atoms with Gasteiger partial charge in [-0.15, -0.1) is 0 Å². The number of anilines is 8. The second kappa shape index (κ2) is 17.2. The number of likely N-dealkylation sites (N-methyl/N-ethyl adjacent to an activating group) is 1. The molecule has 3 aliphatic heterocycles. The molecule has 11 rings (SSSR count). The highest BCUT2D eigenvalue weighted by atomic mass is 19.1. The van der Waals surface area contributed by atoms with Crippen LogP contribution in [0.3, 0.4) is 0 Å². The monoisotopic (exact) mass is 919 g/mol. The van der Waals surface area contributed by atoms with Crippen LogP contribution in [0.2, 0.25) is 0 Å². The maximum Gasteiger partial charge on any atom is 0.272 e. The summed E-state index contributed by atoms with van der Waals surface area (Å²) in [5.74, 6) is 1.74. The number of fused-ring (bicyclic) bond motifs is 3. The van der Waals surface area contributed by atoms with Gasteiger partial charge in [0.2, 0.25) is 11.9 Å². The van der Waals surface area contributed by atoms with Gasteiger partial charge in [-0.1, -0.05) is 30.3 Å². The Labute approximate surface area is 385 Å². The number of pyridine rings is 3. The first-order chi connectivity index (χ1) is 33.0. The maximum absolute atomic E-state index is 16.1. The Balaban J connectivity index is 0.703. The van der Waals surface area contributed by atoms with Crippen LogP contribution in [0.5, 0.6) is 17.4 Å². The Kier molecular flexibility index (Phi) is 10.7. The maximum atomic E-state index is 16.1. The molecule has 8 heterocycles. The SMILES string of the molecule is COc1cc(Nc2nccc(Nc3cc4cccc(F)c4[nH]c3=O)n2)cnc1O[C@@H]1CCN(Cc2ccc3cc(Nc4ccnc(Nc5ccc6c(c5)OC5(C6)CN(C)C5)n4)c(=O)[nH]c3c2F)C1. The zero-order chi connectivity index (χ0) is 46.5. The van der Waals surface area contributed by atoms with Crippen molar-refractivity contribution in [3.8, 4) is 17.4 Å². The minimum Gasteiger partial charge on any atom is -0.491 e. The number of para-hydroxylation sites is 1. The van der Waals surface area contributed by atoms with Gasteiger partial charge >= 0.3 is 0 Å². The summed E-state index contributed by atoms with van der Waals surface area (Å²) in [7, 11) is 3.59. The molecule has 8 aromatic rings. The van der Waals surface area contributed by atoms with Crippen LogP contribution >= 0.6 is 0 Å². The third-order valence-corrected chi connectivity index (χ3v) is 12.2. The molecule has 0 aliphatic carbocycles. The molecular weight excluding hydrogens is 877 g/mol. The molecule has 0 saturated carbocycles. The summed E-state index contributed by atoms with van der Waals surface area (Å²) in [5, 5.41) is 13.4. The number of likely N-dealkylation sites (tertiary alicyclic amines) is 2. The van der Waals surface area contributed by atoms with Crippen molar-refractivity contribution in [2.45, 2.75) is 31.1 Å². The molecule has 68 heavy (non-hydrogen) atoms. The van der Waals surface area contributed by atoms with Gasteiger partial charge in [0, 0.05) is 85.7 Å². The lowest BCUT2D eigenvalue weighted by molar-refractivity contribution is -0.0481. The Morgan fingerprint density at radius 3 is 2.24 bits per heavy atom. The minimum absolute atomic E-state index is 0.109. The number of aromatic amines is 2. The van der Waals surface area contributed by atoms with Crippen molar-refractivity contribution in [3.05, 3.63) is 141 Å². The quantitative estimate of drug-likeness (QED) is 0.0696. The van der Waals surface area contributed by atoms with Gasteiger partial charge in [0.25, 0.3) is 17.0 Å². The van der Waals surface area contributed by atoms with Crippen LogP contribution in [0.4, 0.5) is 55.1 Å². The summed E-state index contributed by atoms with van der Waals surface area (Å²) >= 11 is 0. The van der Waals surface area contributed by atoms with E-state index >= 15 is 4.39 Å². The first-order valence-corrected chi connectivity index (χ1v) is 21.9. The molecule has 344 valence electrons. The normalized spacial score (nSPS) is 16.3. The summed E-state index contributed by atoms with van der Waals surface area (Å²) in [6, 6.07) is 22.1. The number of H-pyrrole nitrogens is 2. The molecule has 0 unspecified atom stereocenters. The Hall–Kier alpha value is -8.23. The van der Waals surface area contributed by atoms with Crippen LogP contribution in [-0.4, -0.2) is 96.7 Å². The van der Waals surface area contributed by atoms with Gasteiger partial charge in [0.1, 0.15) is 46.3 Å². The third kappa shape index (κ3) is 8.53. The van der Waals surface area contributed by atoms with E-state index in [2.05, 4.69) is 79.1 Å². The average Bonchev–Trinajstić information content (AvgIpc) is 3.93. The van der Waals surface area contributed by atoms with Crippen LogP contribution in [0.15, 0.2) is 107 Å². The number of hydrogen-bond acceptors (Lipinski definition) is 16. The topological polar surface area (TPSA) is 212 Å². The second-order valence-electron chi connectivity index (χ2n) is 17.2. The van der Waals surface area contributed by atoms with Gasteiger partial charge in [0.15, 0.2) is 11.6 Å². The molecule has 0 radical (unpaired) electrons. The molecule has 1 atom stereocenters. The fraction of sp³-hybridized carbons (Fsp3) is 0.229. The summed E-state index contributed by atoms with van der Waals surface area (Å²) in [6.07, 6.45) is 5.95. The minimum atomic E-state index is -0.522. The molecule has 0 bridgehead atoms. The van der Waals surface area contributed by atoms with Crippen LogP contribution in [0.1, 0.15) is 17.5 Å². The van der Waals surface area contributed by atoms with Crippen LogP contribution in [-0.2, 0) is 13.0 Å². The molecule has 18 nitrogen and oxygen atoms in total. The van der Waals surface area contributed by atoms with Crippen molar-refractivity contribution in [1.82, 2.24) is 44.7 Å². The lowest BCUT2D eigenvalue weighted by Gasteiger charge is -2.44. The van der Waals surface area contributed by atoms with Gasteiger partial charge in [-0.3, -0.25) is 19.4 Å². The smallest absolute Gasteiger partial charge is 0.272 e. The standard InChI is InChI=1S/C48H43F2N13O5/c1-62-24-48(25-62)20-28-8-9-30(18-36(28)68-48)54-46-51-13-10-38(58-46)57-35-17-27-6-7-29(40(50)42(27)61-44(35)65)22-63-15-12-32(23-63)67-45-37(66-2)19-31(21-53-45)55-47-52-14-11-39(59-47)56-34-16-26-4-3-5-33(49)41(26)60-43(34)64/h3-11,13-14,16-19,21,32H,12,15,20,22-25H2,1-2H3,(H,60,64)(H,61,65)(H2,51,54,57,58)(H2,52,55,56,59)/t32-/m1/s1. The number of halogens is 2. The fourth-order valence-corrected chi connectivity index (χ4v) is 9.07. The highest BCUT2D eigenvalue weighted by molar-refractivity contribution is 5.84.